The number of thiazole rings is 1. The number of hydrogen-bond donors (Lipinski definition) is 1. The first kappa shape index (κ1) is 17.2. The molecule has 2 aliphatic rings. The van der Waals surface area contributed by atoms with Gasteiger partial charge in [-0.15, -0.1) is 11.3 Å². The minimum absolute atomic E-state index is 0.0859. The molecule has 1 aromatic carbocycles. The second-order valence-electron chi connectivity index (χ2n) is 7.55. The summed E-state index contributed by atoms with van der Waals surface area (Å²) in [6.07, 6.45) is 2.64. The number of benzene rings is 1. The van der Waals surface area contributed by atoms with Crippen LogP contribution < -0.4 is 10.4 Å². The number of nitrogens with zero attached hydrogens (tertiary/aromatic N) is 1. The van der Waals surface area contributed by atoms with Crippen molar-refractivity contribution in [3.63, 3.8) is 0 Å². The van der Waals surface area contributed by atoms with Crippen molar-refractivity contribution in [2.24, 2.45) is 23.7 Å². The van der Waals surface area contributed by atoms with Gasteiger partial charge in [0.2, 0.25) is 5.91 Å². The lowest BCUT2D eigenvalue weighted by molar-refractivity contribution is -0.314. The van der Waals surface area contributed by atoms with E-state index in [-0.39, 0.29) is 17.7 Å². The topological polar surface area (TPSA) is 82.1 Å². The van der Waals surface area contributed by atoms with Gasteiger partial charge < -0.3 is 15.2 Å². The predicted molar refractivity (Wildman–Crippen MR) is 98.5 cm³/mol. The number of rotatable bonds is 4. The van der Waals surface area contributed by atoms with Gasteiger partial charge in [0.15, 0.2) is 5.13 Å². The van der Waals surface area contributed by atoms with Crippen molar-refractivity contribution >= 4 is 28.3 Å². The number of carbonyl (C=O) groups is 2. The van der Waals surface area contributed by atoms with Gasteiger partial charge in [-0.1, -0.05) is 23.8 Å². The lowest BCUT2D eigenvalue weighted by Crippen LogP contribution is -2.43. The summed E-state index contributed by atoms with van der Waals surface area (Å²) >= 11 is 1.37. The lowest BCUT2D eigenvalue weighted by atomic mass is 9.79. The Bertz CT molecular complexity index is 876. The highest BCUT2D eigenvalue weighted by molar-refractivity contribution is 7.14. The Labute approximate surface area is 156 Å². The van der Waals surface area contributed by atoms with E-state index >= 15 is 0 Å². The summed E-state index contributed by atoms with van der Waals surface area (Å²) in [4.78, 5) is 28.8. The fourth-order valence-electron chi connectivity index (χ4n) is 4.75. The molecule has 136 valence electrons. The first-order chi connectivity index (χ1) is 12.4. The number of aromatic nitrogens is 1. The first-order valence-electron chi connectivity index (χ1n) is 8.99. The lowest BCUT2D eigenvalue weighted by Gasteiger charge is -2.30. The van der Waals surface area contributed by atoms with Crippen LogP contribution in [-0.4, -0.2) is 16.9 Å². The molecule has 2 bridgehead atoms. The molecule has 1 N–H and O–H groups in total. The number of aryl methyl sites for hydroxylation is 2. The van der Waals surface area contributed by atoms with E-state index in [1.807, 2.05) is 31.4 Å². The number of anilines is 1. The van der Waals surface area contributed by atoms with Crippen LogP contribution in [0.25, 0.3) is 11.3 Å². The molecule has 0 aliphatic heterocycles. The Hall–Kier alpha value is -2.21. The Balaban J connectivity index is 1.52. The molecule has 5 nitrogen and oxygen atoms in total. The Morgan fingerprint density at radius 2 is 1.92 bits per heavy atom. The summed E-state index contributed by atoms with van der Waals surface area (Å²) < 4.78 is 0. The predicted octanol–water partition coefficient (Wildman–Crippen LogP) is 2.78. The van der Waals surface area contributed by atoms with E-state index in [4.69, 9.17) is 0 Å². The van der Waals surface area contributed by atoms with E-state index in [1.165, 1.54) is 16.9 Å². The fourth-order valence-corrected chi connectivity index (χ4v) is 5.47. The van der Waals surface area contributed by atoms with E-state index in [9.17, 15) is 14.7 Å². The second kappa shape index (κ2) is 6.50. The van der Waals surface area contributed by atoms with Crippen LogP contribution in [0.3, 0.4) is 0 Å². The van der Waals surface area contributed by atoms with Crippen LogP contribution in [0, 0.1) is 37.5 Å². The van der Waals surface area contributed by atoms with Crippen LogP contribution >= 0.6 is 11.3 Å². The number of fused-ring (bicyclic) bond motifs is 2. The summed E-state index contributed by atoms with van der Waals surface area (Å²) in [5.41, 5.74) is 4.20. The average Bonchev–Trinajstić information content (AvgIpc) is 3.29. The van der Waals surface area contributed by atoms with E-state index < -0.39 is 17.8 Å². The third-order valence-corrected chi connectivity index (χ3v) is 6.64. The molecule has 1 amide bonds. The van der Waals surface area contributed by atoms with Crippen molar-refractivity contribution in [1.82, 2.24) is 4.98 Å². The number of hydrogen-bond acceptors (Lipinski definition) is 5. The first-order valence-corrected chi connectivity index (χ1v) is 9.87. The third kappa shape index (κ3) is 2.92. The molecule has 2 aliphatic carbocycles. The standard InChI is InChI=1S/C20H22N2O3S/c1-10-3-6-14(11(2)7-10)15-9-26-20(21-15)22-18(23)16-12-4-5-13(8-12)17(16)19(24)25/h3,6-7,9,12-13,16-17H,4-5,8H2,1-2H3,(H,24,25)(H,21,22,23)/p-1/t12-,13-,16-,17-/m1/s1. The number of carboxylic acids is 1. The molecule has 1 aromatic heterocycles. The van der Waals surface area contributed by atoms with Crippen LogP contribution in [0.2, 0.25) is 0 Å². The van der Waals surface area contributed by atoms with Crippen molar-refractivity contribution < 1.29 is 14.7 Å². The largest absolute Gasteiger partial charge is 0.550 e. The number of nitrogens with one attached hydrogen (secondary N) is 1. The van der Waals surface area contributed by atoms with Gasteiger partial charge in [-0.3, -0.25) is 4.79 Å². The van der Waals surface area contributed by atoms with E-state index in [1.54, 1.807) is 0 Å². The van der Waals surface area contributed by atoms with Crippen molar-refractivity contribution in [3.8, 4) is 11.3 Å². The highest BCUT2D eigenvalue weighted by Gasteiger charge is 2.51. The van der Waals surface area contributed by atoms with Crippen molar-refractivity contribution in [2.75, 3.05) is 5.32 Å². The SMILES string of the molecule is Cc1ccc(-c2csc(NC(=O)[C@@H]3[C@@H]4CC[C@H](C4)[C@H]3C(=O)[O-])n2)c(C)c1. The number of amides is 1. The minimum atomic E-state index is -1.09. The molecule has 2 aromatic rings. The molecule has 4 rings (SSSR count). The monoisotopic (exact) mass is 369 g/mol. The third-order valence-electron chi connectivity index (χ3n) is 5.88. The zero-order valence-electron chi connectivity index (χ0n) is 14.8. The van der Waals surface area contributed by atoms with Crippen LogP contribution in [-0.2, 0) is 9.59 Å². The Kier molecular flexibility index (Phi) is 4.31. The highest BCUT2D eigenvalue weighted by atomic mass is 32.1. The molecule has 2 saturated carbocycles. The number of carboxylic acid groups (broad SMARTS) is 1. The van der Waals surface area contributed by atoms with Gasteiger partial charge in [0, 0.05) is 28.7 Å². The second-order valence-corrected chi connectivity index (χ2v) is 8.41. The normalized spacial score (nSPS) is 26.8. The number of carbonyl (C=O) groups excluding carboxylic acids is 2. The van der Waals surface area contributed by atoms with Gasteiger partial charge in [-0.2, -0.15) is 0 Å². The highest BCUT2D eigenvalue weighted by Crippen LogP contribution is 2.52. The summed E-state index contributed by atoms with van der Waals surface area (Å²) in [6, 6.07) is 6.18. The van der Waals surface area contributed by atoms with Gasteiger partial charge in [0.1, 0.15) is 0 Å². The minimum Gasteiger partial charge on any atom is -0.550 e. The molecule has 4 atom stereocenters. The zero-order valence-corrected chi connectivity index (χ0v) is 15.6. The van der Waals surface area contributed by atoms with Gasteiger partial charge in [0.05, 0.1) is 5.69 Å². The molecule has 26 heavy (non-hydrogen) atoms. The van der Waals surface area contributed by atoms with Gasteiger partial charge in [-0.05, 0) is 50.5 Å². The van der Waals surface area contributed by atoms with Crippen LogP contribution in [0.15, 0.2) is 23.6 Å². The summed E-state index contributed by atoms with van der Waals surface area (Å²) in [7, 11) is 0. The van der Waals surface area contributed by atoms with E-state index in [2.05, 4.69) is 16.4 Å². The maximum Gasteiger partial charge on any atom is 0.230 e. The summed E-state index contributed by atoms with van der Waals surface area (Å²) in [5, 5.41) is 16.8. The molecule has 2 fully saturated rings. The molecule has 0 unspecified atom stereocenters. The van der Waals surface area contributed by atoms with Crippen LogP contribution in [0.1, 0.15) is 30.4 Å². The zero-order chi connectivity index (χ0) is 18.4. The van der Waals surface area contributed by atoms with Gasteiger partial charge in [0.25, 0.3) is 0 Å². The maximum atomic E-state index is 12.7. The fraction of sp³-hybridized carbons (Fsp3) is 0.450. The summed E-state index contributed by atoms with van der Waals surface area (Å²) in [5.74, 6) is -2.23. The smallest absolute Gasteiger partial charge is 0.230 e. The van der Waals surface area contributed by atoms with Crippen LogP contribution in [0.4, 0.5) is 5.13 Å². The maximum absolute atomic E-state index is 12.7. The van der Waals surface area contributed by atoms with E-state index in [0.717, 1.165) is 36.1 Å². The summed E-state index contributed by atoms with van der Waals surface area (Å²) in [6.45, 7) is 4.09. The van der Waals surface area contributed by atoms with Gasteiger partial charge in [-0.25, -0.2) is 4.98 Å². The van der Waals surface area contributed by atoms with Crippen molar-refractivity contribution in [1.29, 1.82) is 0 Å². The quantitative estimate of drug-likeness (QED) is 0.898. The molecule has 0 spiro atoms. The Morgan fingerprint density at radius 1 is 1.19 bits per heavy atom. The molecule has 1 heterocycles. The molecular weight excluding hydrogens is 348 g/mol. The van der Waals surface area contributed by atoms with Gasteiger partial charge >= 0.3 is 0 Å². The molecule has 6 heteroatoms. The average molecular weight is 369 g/mol. The molecular formula is C20H21N2O3S-. The van der Waals surface area contributed by atoms with Crippen molar-refractivity contribution in [2.45, 2.75) is 33.1 Å². The van der Waals surface area contributed by atoms with Crippen molar-refractivity contribution in [3.05, 3.63) is 34.7 Å². The Morgan fingerprint density at radius 3 is 2.62 bits per heavy atom. The van der Waals surface area contributed by atoms with E-state index in [0.29, 0.717) is 5.13 Å². The molecule has 0 radical (unpaired) electrons. The van der Waals surface area contributed by atoms with Crippen LogP contribution in [0.5, 0.6) is 0 Å². The number of aliphatic carboxylic acids is 1. The molecule has 0 saturated heterocycles.